The van der Waals surface area contributed by atoms with Gasteiger partial charge in [-0.25, -0.2) is 8.42 Å². The van der Waals surface area contributed by atoms with Crippen LogP contribution in [0.3, 0.4) is 0 Å². The van der Waals surface area contributed by atoms with Crippen LogP contribution in [-0.2, 0) is 16.6 Å². The highest BCUT2D eigenvalue weighted by Crippen LogP contribution is 2.37. The minimum Gasteiger partial charge on any atom is -0.486 e. The highest BCUT2D eigenvalue weighted by Gasteiger charge is 2.29. The first kappa shape index (κ1) is 20.2. The molecule has 4 rings (SSSR count). The molecule has 156 valence electrons. The van der Waals surface area contributed by atoms with Gasteiger partial charge in [-0.05, 0) is 36.6 Å². The van der Waals surface area contributed by atoms with Crippen LogP contribution in [0.25, 0.3) is 0 Å². The standard InChI is InChI=1S/C20H18N2O6S2/c1-14-4-6-17(12-18(14)22(23)24)30(25,26)21(13-16-3-2-10-29-16)15-5-7-19-20(11-15)28-9-8-27-19/h2-7,10-12H,8-9,13H2,1H3. The van der Waals surface area contributed by atoms with E-state index in [9.17, 15) is 18.5 Å². The maximum atomic E-state index is 13.5. The lowest BCUT2D eigenvalue weighted by molar-refractivity contribution is -0.385. The fourth-order valence-corrected chi connectivity index (χ4v) is 5.35. The summed E-state index contributed by atoms with van der Waals surface area (Å²) < 4.78 is 39.5. The third kappa shape index (κ3) is 3.83. The van der Waals surface area contributed by atoms with Gasteiger partial charge in [0.1, 0.15) is 13.2 Å². The zero-order valence-electron chi connectivity index (χ0n) is 16.0. The molecule has 1 aliphatic rings. The van der Waals surface area contributed by atoms with Gasteiger partial charge in [0.2, 0.25) is 0 Å². The molecular weight excluding hydrogens is 428 g/mol. The van der Waals surface area contributed by atoms with Crippen LogP contribution in [0.1, 0.15) is 10.4 Å². The molecule has 0 bridgehead atoms. The number of nitro groups is 1. The van der Waals surface area contributed by atoms with E-state index < -0.39 is 14.9 Å². The maximum Gasteiger partial charge on any atom is 0.273 e. The van der Waals surface area contributed by atoms with Crippen LogP contribution in [0, 0.1) is 17.0 Å². The number of hydrogen-bond acceptors (Lipinski definition) is 7. The number of hydrogen-bond donors (Lipinski definition) is 0. The zero-order chi connectivity index (χ0) is 21.3. The molecule has 2 aromatic carbocycles. The summed E-state index contributed by atoms with van der Waals surface area (Å²) in [4.78, 5) is 11.4. The van der Waals surface area contributed by atoms with Crippen molar-refractivity contribution in [3.63, 3.8) is 0 Å². The van der Waals surface area contributed by atoms with Gasteiger partial charge in [0, 0.05) is 22.6 Å². The molecule has 0 spiro atoms. The highest BCUT2D eigenvalue weighted by molar-refractivity contribution is 7.92. The number of rotatable bonds is 6. The Kier molecular flexibility index (Phi) is 5.35. The molecule has 0 amide bonds. The van der Waals surface area contributed by atoms with Gasteiger partial charge in [0.25, 0.3) is 15.7 Å². The van der Waals surface area contributed by atoms with Gasteiger partial charge in [-0.2, -0.15) is 0 Å². The van der Waals surface area contributed by atoms with E-state index in [2.05, 4.69) is 0 Å². The van der Waals surface area contributed by atoms with Crippen molar-refractivity contribution in [3.8, 4) is 11.5 Å². The Balaban J connectivity index is 1.81. The third-order valence-electron chi connectivity index (χ3n) is 4.66. The smallest absolute Gasteiger partial charge is 0.273 e. The first-order valence-electron chi connectivity index (χ1n) is 9.06. The van der Waals surface area contributed by atoms with Crippen molar-refractivity contribution in [3.05, 3.63) is 74.5 Å². The number of thiophene rings is 1. The summed E-state index contributed by atoms with van der Waals surface area (Å²) >= 11 is 1.43. The monoisotopic (exact) mass is 446 g/mol. The second-order valence-electron chi connectivity index (χ2n) is 6.62. The van der Waals surface area contributed by atoms with Gasteiger partial charge < -0.3 is 9.47 Å². The molecule has 8 nitrogen and oxygen atoms in total. The van der Waals surface area contributed by atoms with Crippen molar-refractivity contribution < 1.29 is 22.8 Å². The number of sulfonamides is 1. The van der Waals surface area contributed by atoms with E-state index in [1.165, 1.54) is 27.8 Å². The second kappa shape index (κ2) is 7.96. The topological polar surface area (TPSA) is 99.0 Å². The summed E-state index contributed by atoms with van der Waals surface area (Å²) in [5.74, 6) is 1.00. The Morgan fingerprint density at radius 2 is 1.87 bits per heavy atom. The average Bonchev–Trinajstić information content (AvgIpc) is 3.25. The molecular formula is C20H18N2O6S2. The first-order chi connectivity index (χ1) is 14.4. The van der Waals surface area contributed by atoms with Gasteiger partial charge in [-0.1, -0.05) is 12.1 Å². The minimum absolute atomic E-state index is 0.0846. The normalized spacial score (nSPS) is 13.1. The van der Waals surface area contributed by atoms with E-state index in [1.54, 1.807) is 25.1 Å². The average molecular weight is 447 g/mol. The lowest BCUT2D eigenvalue weighted by atomic mass is 10.2. The molecule has 0 N–H and O–H groups in total. The highest BCUT2D eigenvalue weighted by atomic mass is 32.2. The number of aryl methyl sites for hydroxylation is 1. The van der Waals surface area contributed by atoms with Crippen molar-refractivity contribution >= 4 is 32.7 Å². The van der Waals surface area contributed by atoms with Crippen molar-refractivity contribution in [2.75, 3.05) is 17.5 Å². The van der Waals surface area contributed by atoms with Crippen LogP contribution in [0.2, 0.25) is 0 Å². The van der Waals surface area contributed by atoms with Gasteiger partial charge in [0.05, 0.1) is 22.1 Å². The molecule has 0 aliphatic carbocycles. The summed E-state index contributed by atoms with van der Waals surface area (Å²) in [7, 11) is -4.09. The fourth-order valence-electron chi connectivity index (χ4n) is 3.12. The van der Waals surface area contributed by atoms with Crippen molar-refractivity contribution in [2.24, 2.45) is 0 Å². The Morgan fingerprint density at radius 1 is 1.10 bits per heavy atom. The number of anilines is 1. The number of ether oxygens (including phenoxy) is 2. The molecule has 0 saturated heterocycles. The van der Waals surface area contributed by atoms with Crippen LogP contribution in [0.15, 0.2) is 58.8 Å². The number of nitrogens with zero attached hydrogens (tertiary/aromatic N) is 2. The SMILES string of the molecule is Cc1ccc(S(=O)(=O)N(Cc2cccs2)c2ccc3c(c2)OCCO3)cc1[N+](=O)[O-]. The van der Waals surface area contributed by atoms with Gasteiger partial charge in [-0.3, -0.25) is 14.4 Å². The van der Waals surface area contributed by atoms with Crippen LogP contribution in [-0.4, -0.2) is 26.6 Å². The Bertz CT molecular complexity index is 1190. The molecule has 10 heteroatoms. The molecule has 0 fully saturated rings. The molecule has 2 heterocycles. The minimum atomic E-state index is -4.09. The zero-order valence-corrected chi connectivity index (χ0v) is 17.6. The lowest BCUT2D eigenvalue weighted by Crippen LogP contribution is -2.30. The largest absolute Gasteiger partial charge is 0.486 e. The van der Waals surface area contributed by atoms with Crippen molar-refractivity contribution in [1.82, 2.24) is 0 Å². The number of fused-ring (bicyclic) bond motifs is 1. The molecule has 0 unspecified atom stereocenters. The summed E-state index contributed by atoms with van der Waals surface area (Å²) in [6.45, 7) is 2.45. The molecule has 1 aliphatic heterocycles. The maximum absolute atomic E-state index is 13.5. The summed E-state index contributed by atoms with van der Waals surface area (Å²) in [5.41, 5.74) is 0.535. The summed E-state index contributed by atoms with van der Waals surface area (Å²) in [6, 6.07) is 12.5. The quantitative estimate of drug-likeness (QED) is 0.417. The van der Waals surface area contributed by atoms with Gasteiger partial charge in [0.15, 0.2) is 11.5 Å². The van der Waals surface area contributed by atoms with Crippen molar-refractivity contribution in [1.29, 1.82) is 0 Å². The van der Waals surface area contributed by atoms with Crippen LogP contribution in [0.4, 0.5) is 11.4 Å². The van der Waals surface area contributed by atoms with E-state index in [1.807, 2.05) is 17.5 Å². The number of benzene rings is 2. The van der Waals surface area contributed by atoms with E-state index in [4.69, 9.17) is 9.47 Å². The first-order valence-corrected chi connectivity index (χ1v) is 11.4. The van der Waals surface area contributed by atoms with E-state index in [0.717, 1.165) is 10.9 Å². The van der Waals surface area contributed by atoms with Crippen LogP contribution < -0.4 is 13.8 Å². The molecule has 0 atom stereocenters. The predicted molar refractivity (Wildman–Crippen MR) is 113 cm³/mol. The Morgan fingerprint density at radius 3 is 2.57 bits per heavy atom. The summed E-state index contributed by atoms with van der Waals surface area (Å²) in [6.07, 6.45) is 0. The van der Waals surface area contributed by atoms with E-state index in [0.29, 0.717) is 36.0 Å². The Labute approximate surface area is 177 Å². The summed E-state index contributed by atoms with van der Waals surface area (Å²) in [5, 5.41) is 13.2. The van der Waals surface area contributed by atoms with Crippen molar-refractivity contribution in [2.45, 2.75) is 18.4 Å². The molecule has 0 radical (unpaired) electrons. The predicted octanol–water partition coefficient (Wildman–Crippen LogP) is 4.13. The van der Waals surface area contributed by atoms with E-state index in [-0.39, 0.29) is 17.1 Å². The second-order valence-corrected chi connectivity index (χ2v) is 9.52. The molecule has 1 aromatic heterocycles. The van der Waals surface area contributed by atoms with Gasteiger partial charge >= 0.3 is 0 Å². The molecule has 30 heavy (non-hydrogen) atoms. The lowest BCUT2D eigenvalue weighted by Gasteiger charge is -2.26. The van der Waals surface area contributed by atoms with E-state index >= 15 is 0 Å². The molecule has 3 aromatic rings. The van der Waals surface area contributed by atoms with Gasteiger partial charge in [-0.15, -0.1) is 11.3 Å². The molecule has 0 saturated carbocycles. The number of nitro benzene ring substituents is 1. The van der Waals surface area contributed by atoms with Crippen LogP contribution in [0.5, 0.6) is 11.5 Å². The van der Waals surface area contributed by atoms with Crippen LogP contribution >= 0.6 is 11.3 Å². The third-order valence-corrected chi connectivity index (χ3v) is 7.29. The Hall–Kier alpha value is -3.11. The fraction of sp³-hybridized carbons (Fsp3) is 0.200.